The molecular weight excluding hydrogens is 306 g/mol. The molecule has 0 saturated heterocycles. The molecule has 0 aromatic carbocycles. The monoisotopic (exact) mass is 331 g/mol. The maximum atomic E-state index is 12.6. The van der Waals surface area contributed by atoms with Gasteiger partial charge in [-0.15, -0.1) is 0 Å². The van der Waals surface area contributed by atoms with E-state index in [1.807, 2.05) is 0 Å². The Bertz CT molecular complexity index is 579. The summed E-state index contributed by atoms with van der Waals surface area (Å²) in [4.78, 5) is 2.41. The van der Waals surface area contributed by atoms with Crippen LogP contribution >= 0.6 is 11.5 Å². The molecule has 1 aromatic rings. The molecule has 1 aliphatic rings. The average Bonchev–Trinajstić information content (AvgIpc) is 3.11. The largest absolute Gasteiger partial charge is 0.382 e. The Hall–Kier alpha value is -0.820. The van der Waals surface area contributed by atoms with Gasteiger partial charge in [0, 0.05) is 13.1 Å². The molecule has 120 valence electrons. The van der Waals surface area contributed by atoms with E-state index in [0.717, 1.165) is 30.9 Å². The smallest absolute Gasteiger partial charge is 0.187 e. The van der Waals surface area contributed by atoms with Gasteiger partial charge >= 0.3 is 0 Å². The minimum absolute atomic E-state index is 0.166. The fourth-order valence-corrected chi connectivity index (χ4v) is 5.47. The summed E-state index contributed by atoms with van der Waals surface area (Å²) in [6.07, 6.45) is 1.48. The van der Waals surface area contributed by atoms with Gasteiger partial charge in [-0.1, -0.05) is 27.7 Å². The molecule has 0 radical (unpaired) electrons. The SMILES string of the molecule is CC(C)CN(CC(C)C)c1snc(N)c1S(=O)(=O)C1CC1. The summed E-state index contributed by atoms with van der Waals surface area (Å²) in [6, 6.07) is 0. The van der Waals surface area contributed by atoms with E-state index in [4.69, 9.17) is 5.73 Å². The molecule has 0 aliphatic heterocycles. The predicted molar refractivity (Wildman–Crippen MR) is 88.6 cm³/mol. The topological polar surface area (TPSA) is 76.3 Å². The van der Waals surface area contributed by atoms with Crippen molar-refractivity contribution in [3.8, 4) is 0 Å². The minimum atomic E-state index is -3.32. The second-order valence-corrected chi connectivity index (χ2v) is 9.56. The number of aromatic nitrogens is 1. The van der Waals surface area contributed by atoms with E-state index in [2.05, 4.69) is 37.0 Å². The van der Waals surface area contributed by atoms with Crippen molar-refractivity contribution >= 4 is 32.2 Å². The average molecular weight is 332 g/mol. The van der Waals surface area contributed by atoms with E-state index in [9.17, 15) is 8.42 Å². The van der Waals surface area contributed by atoms with E-state index in [1.54, 1.807) is 0 Å². The molecule has 1 fully saturated rings. The summed E-state index contributed by atoms with van der Waals surface area (Å²) < 4.78 is 29.4. The van der Waals surface area contributed by atoms with Gasteiger partial charge in [0.1, 0.15) is 9.90 Å². The number of rotatable bonds is 7. The zero-order valence-electron chi connectivity index (χ0n) is 13.2. The number of nitrogens with two attached hydrogens (primary N) is 1. The summed E-state index contributed by atoms with van der Waals surface area (Å²) in [5, 5.41) is 0.469. The van der Waals surface area contributed by atoms with Crippen LogP contribution in [-0.4, -0.2) is 31.1 Å². The van der Waals surface area contributed by atoms with E-state index in [-0.39, 0.29) is 16.0 Å². The van der Waals surface area contributed by atoms with Gasteiger partial charge in [-0.3, -0.25) is 0 Å². The highest BCUT2D eigenvalue weighted by Crippen LogP contribution is 2.42. The van der Waals surface area contributed by atoms with Crippen LogP contribution in [-0.2, 0) is 9.84 Å². The lowest BCUT2D eigenvalue weighted by atomic mass is 10.1. The Morgan fingerprint density at radius 2 is 1.76 bits per heavy atom. The van der Waals surface area contributed by atoms with Crippen molar-refractivity contribution in [2.75, 3.05) is 23.7 Å². The Labute approximate surface area is 131 Å². The second kappa shape index (κ2) is 6.12. The Morgan fingerprint density at radius 1 is 1.24 bits per heavy atom. The molecule has 1 aromatic heterocycles. The first-order chi connectivity index (χ1) is 9.73. The zero-order valence-corrected chi connectivity index (χ0v) is 14.8. The first-order valence-electron chi connectivity index (χ1n) is 7.47. The molecule has 7 heteroatoms. The normalized spacial score (nSPS) is 15.9. The number of nitrogens with zero attached hydrogens (tertiary/aromatic N) is 2. The van der Waals surface area contributed by atoms with Gasteiger partial charge in [0.2, 0.25) is 0 Å². The van der Waals surface area contributed by atoms with Crippen LogP contribution in [0.15, 0.2) is 4.90 Å². The molecule has 1 saturated carbocycles. The number of nitrogen functional groups attached to an aromatic ring is 1. The molecule has 5 nitrogen and oxygen atoms in total. The number of anilines is 2. The first kappa shape index (κ1) is 16.5. The third-order valence-corrected chi connectivity index (χ3v) is 6.74. The van der Waals surface area contributed by atoms with Crippen LogP contribution in [0.5, 0.6) is 0 Å². The second-order valence-electron chi connectivity index (χ2n) is 6.64. The molecule has 2 N–H and O–H groups in total. The highest BCUT2D eigenvalue weighted by Gasteiger charge is 2.41. The van der Waals surface area contributed by atoms with Crippen molar-refractivity contribution in [3.05, 3.63) is 0 Å². The summed E-state index contributed by atoms with van der Waals surface area (Å²) in [7, 11) is -3.32. The molecule has 0 atom stereocenters. The van der Waals surface area contributed by atoms with Crippen molar-refractivity contribution in [1.82, 2.24) is 4.37 Å². The van der Waals surface area contributed by atoms with Crippen molar-refractivity contribution < 1.29 is 8.42 Å². The van der Waals surface area contributed by atoms with Crippen LogP contribution in [0.3, 0.4) is 0 Å². The van der Waals surface area contributed by atoms with Gasteiger partial charge in [0.15, 0.2) is 15.7 Å². The molecule has 21 heavy (non-hydrogen) atoms. The Kier molecular flexibility index (Phi) is 4.82. The van der Waals surface area contributed by atoms with Gasteiger partial charge in [0.05, 0.1) is 5.25 Å². The maximum absolute atomic E-state index is 12.6. The third kappa shape index (κ3) is 3.69. The molecule has 1 heterocycles. The van der Waals surface area contributed by atoms with Crippen molar-refractivity contribution in [1.29, 1.82) is 0 Å². The molecular formula is C14H25N3O2S2. The van der Waals surface area contributed by atoms with Gasteiger partial charge < -0.3 is 10.6 Å². The van der Waals surface area contributed by atoms with E-state index >= 15 is 0 Å². The van der Waals surface area contributed by atoms with Gasteiger partial charge in [-0.05, 0) is 36.2 Å². The summed E-state index contributed by atoms with van der Waals surface area (Å²) in [5.41, 5.74) is 5.89. The molecule has 0 spiro atoms. The lowest BCUT2D eigenvalue weighted by Gasteiger charge is -2.27. The highest BCUT2D eigenvalue weighted by molar-refractivity contribution is 7.92. The molecule has 1 aliphatic carbocycles. The predicted octanol–water partition coefficient (Wildman–Crippen LogP) is 2.78. The lowest BCUT2D eigenvalue weighted by Crippen LogP contribution is -2.32. The van der Waals surface area contributed by atoms with Crippen LogP contribution in [0, 0.1) is 11.8 Å². The Morgan fingerprint density at radius 3 is 2.19 bits per heavy atom. The highest BCUT2D eigenvalue weighted by atomic mass is 32.2. The van der Waals surface area contributed by atoms with Crippen LogP contribution in [0.2, 0.25) is 0 Å². The fourth-order valence-electron chi connectivity index (χ4n) is 2.42. The fraction of sp³-hybridized carbons (Fsp3) is 0.786. The molecule has 2 rings (SSSR count). The van der Waals surface area contributed by atoms with Crippen molar-refractivity contribution in [3.63, 3.8) is 0 Å². The maximum Gasteiger partial charge on any atom is 0.187 e. The van der Waals surface area contributed by atoms with Gasteiger partial charge in [-0.25, -0.2) is 8.42 Å². The number of hydrogen-bond donors (Lipinski definition) is 1. The quantitative estimate of drug-likeness (QED) is 0.831. The number of sulfone groups is 1. The summed E-state index contributed by atoms with van der Waals surface area (Å²) >= 11 is 1.21. The van der Waals surface area contributed by atoms with Gasteiger partial charge in [0.25, 0.3) is 0 Å². The van der Waals surface area contributed by atoms with Crippen LogP contribution in [0.1, 0.15) is 40.5 Å². The Balaban J connectivity index is 2.41. The van der Waals surface area contributed by atoms with Crippen LogP contribution < -0.4 is 10.6 Å². The third-order valence-electron chi connectivity index (χ3n) is 3.36. The molecule has 0 unspecified atom stereocenters. The molecule has 0 amide bonds. The standard InChI is InChI=1S/C14H25N3O2S2/c1-9(2)7-17(8-10(3)4)14-12(13(15)16-20-14)21(18,19)11-5-6-11/h9-11H,5-8H2,1-4H3,(H2,15,16). The zero-order chi connectivity index (χ0) is 15.8. The summed E-state index contributed by atoms with van der Waals surface area (Å²) in [5.74, 6) is 1.06. The van der Waals surface area contributed by atoms with E-state index in [1.165, 1.54) is 11.5 Å². The van der Waals surface area contributed by atoms with Gasteiger partial charge in [-0.2, -0.15) is 4.37 Å². The van der Waals surface area contributed by atoms with E-state index in [0.29, 0.717) is 11.8 Å². The van der Waals surface area contributed by atoms with E-state index < -0.39 is 9.84 Å². The van der Waals surface area contributed by atoms with Crippen LogP contribution in [0.25, 0.3) is 0 Å². The molecule has 0 bridgehead atoms. The van der Waals surface area contributed by atoms with Crippen molar-refractivity contribution in [2.45, 2.75) is 50.7 Å². The number of hydrogen-bond acceptors (Lipinski definition) is 6. The lowest BCUT2D eigenvalue weighted by molar-refractivity contribution is 0.551. The summed E-state index contributed by atoms with van der Waals surface area (Å²) in [6.45, 7) is 10.2. The first-order valence-corrected chi connectivity index (χ1v) is 9.79. The minimum Gasteiger partial charge on any atom is -0.382 e. The van der Waals surface area contributed by atoms with Crippen molar-refractivity contribution in [2.24, 2.45) is 11.8 Å². The van der Waals surface area contributed by atoms with Crippen LogP contribution in [0.4, 0.5) is 10.8 Å².